The Morgan fingerprint density at radius 3 is 2.76 bits per heavy atom. The number of nitrogens with one attached hydrogen (secondary N) is 2. The van der Waals surface area contributed by atoms with E-state index in [1.165, 1.54) is 0 Å². The average Bonchev–Trinajstić information content (AvgIpc) is 3.22. The predicted molar refractivity (Wildman–Crippen MR) is 101 cm³/mol. The van der Waals surface area contributed by atoms with Gasteiger partial charge in [-0.15, -0.1) is 0 Å². The number of pyridine rings is 1. The lowest BCUT2D eigenvalue weighted by Gasteiger charge is -2.04. The van der Waals surface area contributed by atoms with E-state index in [0.717, 1.165) is 16.8 Å². The van der Waals surface area contributed by atoms with E-state index in [9.17, 15) is 0 Å². The third kappa shape index (κ3) is 3.53. The lowest BCUT2D eigenvalue weighted by molar-refractivity contribution is 0.534. The van der Waals surface area contributed by atoms with Crippen LogP contribution in [0, 0.1) is 12.3 Å². The zero-order valence-corrected chi connectivity index (χ0v) is 15.0. The van der Waals surface area contributed by atoms with E-state index >= 15 is 0 Å². The summed E-state index contributed by atoms with van der Waals surface area (Å²) in [6.07, 6.45) is 5.44. The van der Waals surface area contributed by atoms with E-state index in [-0.39, 0.29) is 11.0 Å². The number of halogens is 1. The highest BCUT2D eigenvalue weighted by Gasteiger charge is 2.15. The summed E-state index contributed by atoms with van der Waals surface area (Å²) in [5.41, 5.74) is 3.93. The molecule has 0 aliphatic rings. The van der Waals surface area contributed by atoms with Crippen LogP contribution in [0.4, 0.5) is 0 Å². The summed E-state index contributed by atoms with van der Waals surface area (Å²) >= 11 is 6.34. The Balaban J connectivity index is 1.89. The second-order valence-electron chi connectivity index (χ2n) is 5.94. The van der Waals surface area contributed by atoms with Gasteiger partial charge in [0.05, 0.1) is 11.4 Å². The molecule has 0 unspecified atom stereocenters. The maximum absolute atomic E-state index is 8.04. The monoisotopic (exact) mass is 354 g/mol. The Bertz CT molecular complexity index is 920. The van der Waals surface area contributed by atoms with Crippen molar-refractivity contribution in [1.29, 1.82) is 5.41 Å². The Morgan fingerprint density at radius 2 is 2.12 bits per heavy atom. The molecule has 0 saturated heterocycles. The van der Waals surface area contributed by atoms with Crippen LogP contribution >= 0.6 is 11.6 Å². The van der Waals surface area contributed by atoms with Crippen LogP contribution in [0.1, 0.15) is 36.8 Å². The maximum Gasteiger partial charge on any atom is 0.172 e. The number of aliphatic imine (C=N–C) groups is 1. The molecule has 3 aromatic heterocycles. The van der Waals surface area contributed by atoms with Crippen molar-refractivity contribution in [3.8, 4) is 11.3 Å². The number of hydrogen-bond acceptors (Lipinski definition) is 3. The van der Waals surface area contributed by atoms with Crippen LogP contribution < -0.4 is 0 Å². The molecule has 3 heterocycles. The zero-order valence-electron chi connectivity index (χ0n) is 14.3. The van der Waals surface area contributed by atoms with Gasteiger partial charge in [-0.2, -0.15) is 5.10 Å². The van der Waals surface area contributed by atoms with Crippen LogP contribution in [0.5, 0.6) is 0 Å². The molecule has 0 atom stereocenters. The Morgan fingerprint density at radius 1 is 1.32 bits per heavy atom. The second-order valence-corrected chi connectivity index (χ2v) is 6.30. The van der Waals surface area contributed by atoms with E-state index < -0.39 is 0 Å². The highest BCUT2D eigenvalue weighted by molar-refractivity contribution is 6.70. The summed E-state index contributed by atoms with van der Waals surface area (Å²) in [7, 11) is 0. The van der Waals surface area contributed by atoms with Gasteiger partial charge in [0.25, 0.3) is 0 Å². The van der Waals surface area contributed by atoms with E-state index in [1.54, 1.807) is 18.3 Å². The average molecular weight is 355 g/mol. The molecule has 3 aromatic rings. The summed E-state index contributed by atoms with van der Waals surface area (Å²) in [5.74, 6) is 0.0187. The van der Waals surface area contributed by atoms with Gasteiger partial charge in [-0.3, -0.25) is 15.1 Å². The molecule has 0 fully saturated rings. The molecule has 25 heavy (non-hydrogen) atoms. The third-order valence-electron chi connectivity index (χ3n) is 3.88. The normalized spacial score (nSPS) is 12.0. The van der Waals surface area contributed by atoms with Crippen molar-refractivity contribution in [2.45, 2.75) is 26.8 Å². The van der Waals surface area contributed by atoms with Crippen LogP contribution in [0.15, 0.2) is 47.8 Å². The summed E-state index contributed by atoms with van der Waals surface area (Å²) in [6.45, 7) is 6.12. The van der Waals surface area contributed by atoms with Crippen molar-refractivity contribution in [2.24, 2.45) is 4.99 Å². The highest BCUT2D eigenvalue weighted by Crippen LogP contribution is 2.26. The summed E-state index contributed by atoms with van der Waals surface area (Å²) in [5, 5.41) is 12.8. The van der Waals surface area contributed by atoms with Gasteiger partial charge >= 0.3 is 0 Å². The molecule has 0 aromatic carbocycles. The topological polar surface area (TPSA) is 82.7 Å². The summed E-state index contributed by atoms with van der Waals surface area (Å²) in [6, 6.07) is 7.60. The van der Waals surface area contributed by atoms with Gasteiger partial charge in [0.15, 0.2) is 11.0 Å². The number of nitrogens with zero attached hydrogens (tertiary/aromatic N) is 4. The molecule has 3 rings (SSSR count). The molecule has 0 amide bonds. The van der Waals surface area contributed by atoms with E-state index in [4.69, 9.17) is 17.0 Å². The fraction of sp³-hybridized carbons (Fsp3) is 0.222. The maximum atomic E-state index is 8.04. The highest BCUT2D eigenvalue weighted by atomic mass is 35.5. The minimum Gasteiger partial charge on any atom is -0.358 e. The number of rotatable bonds is 4. The summed E-state index contributed by atoms with van der Waals surface area (Å²) < 4.78 is 1.91. The standard InChI is InChI=1S/C18H19ClN6/c1-11(2)25-9-7-14(24-25)13-10-22-16(12(13)3)17(19)23-18(20)15-6-4-5-8-21-15/h4-11,20,22H,1-3H3. The smallest absolute Gasteiger partial charge is 0.172 e. The number of amidine groups is 1. The van der Waals surface area contributed by atoms with Crippen molar-refractivity contribution >= 4 is 22.6 Å². The first-order chi connectivity index (χ1) is 12.0. The Kier molecular flexibility index (Phi) is 4.81. The van der Waals surface area contributed by atoms with Gasteiger partial charge < -0.3 is 4.98 Å². The largest absolute Gasteiger partial charge is 0.358 e. The number of aromatic amines is 1. The minimum absolute atomic E-state index is 0.0187. The molecule has 0 spiro atoms. The van der Waals surface area contributed by atoms with Crippen molar-refractivity contribution in [1.82, 2.24) is 19.7 Å². The van der Waals surface area contributed by atoms with Gasteiger partial charge in [-0.25, -0.2) is 4.99 Å². The van der Waals surface area contributed by atoms with Gasteiger partial charge in [0.2, 0.25) is 0 Å². The minimum atomic E-state index is 0.0187. The van der Waals surface area contributed by atoms with Crippen LogP contribution in [-0.4, -0.2) is 30.8 Å². The van der Waals surface area contributed by atoms with Crippen molar-refractivity contribution in [3.05, 3.63) is 59.8 Å². The molecule has 0 bridgehead atoms. The van der Waals surface area contributed by atoms with Gasteiger partial charge in [-0.1, -0.05) is 17.7 Å². The summed E-state index contributed by atoms with van der Waals surface area (Å²) in [4.78, 5) is 11.4. The first-order valence-electron chi connectivity index (χ1n) is 7.95. The van der Waals surface area contributed by atoms with Gasteiger partial charge in [0.1, 0.15) is 5.69 Å². The quantitative estimate of drug-likeness (QED) is 0.544. The van der Waals surface area contributed by atoms with E-state index in [0.29, 0.717) is 17.4 Å². The molecule has 0 saturated carbocycles. The van der Waals surface area contributed by atoms with Gasteiger partial charge in [0, 0.05) is 30.2 Å². The number of hydrogen-bond donors (Lipinski definition) is 2. The molecule has 0 aliphatic heterocycles. The van der Waals surface area contributed by atoms with Crippen LogP contribution in [0.2, 0.25) is 0 Å². The zero-order chi connectivity index (χ0) is 18.0. The van der Waals surface area contributed by atoms with Crippen LogP contribution in [0.3, 0.4) is 0 Å². The van der Waals surface area contributed by atoms with Crippen molar-refractivity contribution in [2.75, 3.05) is 0 Å². The van der Waals surface area contributed by atoms with Gasteiger partial charge in [-0.05, 0) is 44.5 Å². The van der Waals surface area contributed by atoms with Crippen molar-refractivity contribution < 1.29 is 0 Å². The first kappa shape index (κ1) is 17.1. The molecule has 128 valence electrons. The first-order valence-corrected chi connectivity index (χ1v) is 8.33. The molecule has 0 radical (unpaired) electrons. The Hall–Kier alpha value is -2.73. The molecule has 7 heteroatoms. The number of H-pyrrole nitrogens is 1. The lowest BCUT2D eigenvalue weighted by Crippen LogP contribution is -2.03. The van der Waals surface area contributed by atoms with Crippen LogP contribution in [0.25, 0.3) is 11.3 Å². The fourth-order valence-electron chi connectivity index (χ4n) is 2.46. The van der Waals surface area contributed by atoms with Crippen molar-refractivity contribution in [3.63, 3.8) is 0 Å². The lowest BCUT2D eigenvalue weighted by atomic mass is 10.1. The van der Waals surface area contributed by atoms with Crippen LogP contribution in [-0.2, 0) is 0 Å². The fourth-order valence-corrected chi connectivity index (χ4v) is 2.74. The molecule has 2 N–H and O–H groups in total. The second kappa shape index (κ2) is 7.03. The molecule has 0 aliphatic carbocycles. The van der Waals surface area contributed by atoms with E-state index in [2.05, 4.69) is 33.9 Å². The van der Waals surface area contributed by atoms with E-state index in [1.807, 2.05) is 36.1 Å². The number of aromatic nitrogens is 4. The predicted octanol–water partition coefficient (Wildman–Crippen LogP) is 4.17. The molecular formula is C18H19ClN6. The molecular weight excluding hydrogens is 336 g/mol. The SMILES string of the molecule is Cc1c(-c2ccn(C(C)C)n2)c[nH]c1C(Cl)=NC(=N)c1ccccn1. The Labute approximate surface area is 151 Å². The molecule has 6 nitrogen and oxygen atoms in total. The third-order valence-corrected chi connectivity index (χ3v) is 4.15.